The number of hydrogen-bond donors (Lipinski definition) is 2. The smallest absolute Gasteiger partial charge is 0.345 e. The number of anilines is 1. The molecule has 0 aliphatic rings. The van der Waals surface area contributed by atoms with Crippen LogP contribution >= 0.6 is 11.3 Å². The van der Waals surface area contributed by atoms with E-state index < -0.39 is 4.92 Å². The molecule has 1 atom stereocenters. The molecule has 0 amide bonds. The quantitative estimate of drug-likeness (QED) is 0.608. The Kier molecular flexibility index (Phi) is 3.82. The average molecular weight is 244 g/mol. The van der Waals surface area contributed by atoms with Gasteiger partial charge >= 0.3 is 5.00 Å². The van der Waals surface area contributed by atoms with Crippen molar-refractivity contribution in [1.29, 1.82) is 0 Å². The number of nitrogens with one attached hydrogen (secondary N) is 1. The fraction of sp³-hybridized carbons (Fsp3) is 0.667. The number of rotatable bonds is 5. The van der Waals surface area contributed by atoms with E-state index in [4.69, 9.17) is 5.73 Å². The fourth-order valence-electron chi connectivity index (χ4n) is 1.08. The number of nitrogens with zero attached hydrogens (tertiary/aromatic N) is 2. The second-order valence-corrected chi connectivity index (χ2v) is 5.17. The minimum atomic E-state index is -0.446. The standard InChI is InChI=1S/C9H16N4O2S/c1-6(2)9(3,5-10)12-8-11-4-7(16-8)13(14)15/h4,6H,5,10H2,1-3H3,(H,11,12). The molecule has 1 aromatic heterocycles. The summed E-state index contributed by atoms with van der Waals surface area (Å²) in [5.74, 6) is 0.306. The zero-order valence-corrected chi connectivity index (χ0v) is 10.4. The Morgan fingerprint density at radius 1 is 1.75 bits per heavy atom. The van der Waals surface area contributed by atoms with Crippen molar-refractivity contribution in [3.8, 4) is 0 Å². The molecule has 1 heterocycles. The van der Waals surface area contributed by atoms with Gasteiger partial charge in [0, 0.05) is 6.54 Å². The third-order valence-corrected chi connectivity index (χ3v) is 3.63. The van der Waals surface area contributed by atoms with Crippen molar-refractivity contribution >= 4 is 21.5 Å². The molecule has 0 bridgehead atoms. The van der Waals surface area contributed by atoms with Crippen LogP contribution in [0.3, 0.4) is 0 Å². The van der Waals surface area contributed by atoms with Gasteiger partial charge in [-0.25, -0.2) is 4.98 Å². The lowest BCUT2D eigenvalue weighted by Gasteiger charge is -2.33. The number of aromatic nitrogens is 1. The molecule has 3 N–H and O–H groups in total. The Balaban J connectivity index is 2.82. The molecule has 1 aromatic rings. The molecule has 0 aliphatic heterocycles. The lowest BCUT2D eigenvalue weighted by Crippen LogP contribution is -2.47. The first kappa shape index (κ1) is 12.9. The van der Waals surface area contributed by atoms with Crippen LogP contribution in [-0.2, 0) is 0 Å². The summed E-state index contributed by atoms with van der Waals surface area (Å²) in [6.07, 6.45) is 1.25. The van der Waals surface area contributed by atoms with Gasteiger partial charge in [0.25, 0.3) is 0 Å². The van der Waals surface area contributed by atoms with Gasteiger partial charge in [-0.15, -0.1) is 0 Å². The predicted octanol–water partition coefficient (Wildman–Crippen LogP) is 1.84. The van der Waals surface area contributed by atoms with Gasteiger partial charge in [-0.05, 0) is 24.2 Å². The van der Waals surface area contributed by atoms with Gasteiger partial charge in [0.15, 0.2) is 5.13 Å². The fourth-order valence-corrected chi connectivity index (χ4v) is 1.85. The van der Waals surface area contributed by atoms with E-state index in [1.54, 1.807) is 0 Å². The van der Waals surface area contributed by atoms with Crippen LogP contribution in [0.25, 0.3) is 0 Å². The highest BCUT2D eigenvalue weighted by molar-refractivity contribution is 7.18. The third kappa shape index (κ3) is 2.67. The molecular formula is C9H16N4O2S. The van der Waals surface area contributed by atoms with Crippen molar-refractivity contribution < 1.29 is 4.92 Å². The Bertz CT molecular complexity index is 379. The predicted molar refractivity (Wildman–Crippen MR) is 64.7 cm³/mol. The van der Waals surface area contributed by atoms with Crippen molar-refractivity contribution in [2.45, 2.75) is 26.3 Å². The van der Waals surface area contributed by atoms with Crippen molar-refractivity contribution in [3.05, 3.63) is 16.3 Å². The number of thiazole rings is 1. The Labute approximate surface area is 98.0 Å². The summed E-state index contributed by atoms with van der Waals surface area (Å²) in [5.41, 5.74) is 5.40. The minimum absolute atomic E-state index is 0.0330. The van der Waals surface area contributed by atoms with Crippen molar-refractivity contribution in [2.24, 2.45) is 11.7 Å². The molecule has 0 aliphatic carbocycles. The van der Waals surface area contributed by atoms with Gasteiger partial charge in [0.2, 0.25) is 0 Å². The molecule has 90 valence electrons. The van der Waals surface area contributed by atoms with Crippen molar-refractivity contribution in [3.63, 3.8) is 0 Å². The summed E-state index contributed by atoms with van der Waals surface area (Å²) >= 11 is 1.02. The Morgan fingerprint density at radius 3 is 2.75 bits per heavy atom. The highest BCUT2D eigenvalue weighted by Crippen LogP contribution is 2.29. The Hall–Kier alpha value is -1.21. The third-order valence-electron chi connectivity index (χ3n) is 2.76. The molecule has 0 saturated carbocycles. The monoisotopic (exact) mass is 244 g/mol. The number of nitro groups is 1. The molecule has 7 heteroatoms. The molecule has 0 aromatic carbocycles. The maximum atomic E-state index is 10.5. The van der Waals surface area contributed by atoms with Crippen LogP contribution in [0, 0.1) is 16.0 Å². The molecule has 1 unspecified atom stereocenters. The summed E-state index contributed by atoms with van der Waals surface area (Å²) in [6.45, 7) is 6.51. The molecule has 0 spiro atoms. The first-order valence-corrected chi connectivity index (χ1v) is 5.79. The molecule has 6 nitrogen and oxygen atoms in total. The van der Waals surface area contributed by atoms with E-state index in [2.05, 4.69) is 10.3 Å². The van der Waals surface area contributed by atoms with E-state index in [0.29, 0.717) is 17.6 Å². The lowest BCUT2D eigenvalue weighted by atomic mass is 9.89. The van der Waals surface area contributed by atoms with Crippen molar-refractivity contribution in [2.75, 3.05) is 11.9 Å². The highest BCUT2D eigenvalue weighted by Gasteiger charge is 2.28. The van der Waals surface area contributed by atoms with Gasteiger partial charge in [-0.2, -0.15) is 0 Å². The number of nitrogens with two attached hydrogens (primary N) is 1. The van der Waals surface area contributed by atoms with Crippen molar-refractivity contribution in [1.82, 2.24) is 4.98 Å². The van der Waals surface area contributed by atoms with Gasteiger partial charge in [0.05, 0.1) is 10.5 Å². The molecule has 0 saturated heterocycles. The second kappa shape index (κ2) is 4.75. The summed E-state index contributed by atoms with van der Waals surface area (Å²) in [6, 6.07) is 0. The van der Waals surface area contributed by atoms with E-state index in [1.165, 1.54) is 6.20 Å². The van der Waals surface area contributed by atoms with E-state index in [0.717, 1.165) is 11.3 Å². The van der Waals surface area contributed by atoms with Crippen LogP contribution in [0.15, 0.2) is 6.20 Å². The maximum absolute atomic E-state index is 10.5. The van der Waals surface area contributed by atoms with Gasteiger partial charge < -0.3 is 11.1 Å². The maximum Gasteiger partial charge on any atom is 0.345 e. The molecule has 1 rings (SSSR count). The van der Waals surface area contributed by atoms with Crippen LogP contribution in [0.1, 0.15) is 20.8 Å². The second-order valence-electron chi connectivity index (χ2n) is 4.16. The van der Waals surface area contributed by atoms with Crippen LogP contribution in [-0.4, -0.2) is 22.0 Å². The zero-order valence-electron chi connectivity index (χ0n) is 9.56. The topological polar surface area (TPSA) is 94.1 Å². The normalized spacial score (nSPS) is 14.8. The van der Waals surface area contributed by atoms with Crippen LogP contribution < -0.4 is 11.1 Å². The summed E-state index contributed by atoms with van der Waals surface area (Å²) in [7, 11) is 0. The first-order chi connectivity index (χ1) is 7.39. The average Bonchev–Trinajstić information content (AvgIpc) is 2.65. The zero-order chi connectivity index (χ0) is 12.3. The summed E-state index contributed by atoms with van der Waals surface area (Å²) < 4.78 is 0. The summed E-state index contributed by atoms with van der Waals surface area (Å²) in [4.78, 5) is 14.0. The first-order valence-electron chi connectivity index (χ1n) is 4.97. The van der Waals surface area contributed by atoms with E-state index in [9.17, 15) is 10.1 Å². The van der Waals surface area contributed by atoms with E-state index in [1.807, 2.05) is 20.8 Å². The molecular weight excluding hydrogens is 228 g/mol. The minimum Gasteiger partial charge on any atom is -0.355 e. The lowest BCUT2D eigenvalue weighted by molar-refractivity contribution is -0.380. The van der Waals surface area contributed by atoms with Crippen LogP contribution in [0.5, 0.6) is 0 Å². The van der Waals surface area contributed by atoms with Crippen LogP contribution in [0.2, 0.25) is 0 Å². The largest absolute Gasteiger partial charge is 0.355 e. The molecule has 0 radical (unpaired) electrons. The van der Waals surface area contributed by atoms with Gasteiger partial charge in [-0.1, -0.05) is 13.8 Å². The SMILES string of the molecule is CC(C)C(C)(CN)Nc1ncc([N+](=O)[O-])s1. The van der Waals surface area contributed by atoms with Gasteiger partial charge in [-0.3, -0.25) is 10.1 Å². The summed E-state index contributed by atoms with van der Waals surface area (Å²) in [5, 5.41) is 14.2. The molecule has 16 heavy (non-hydrogen) atoms. The van der Waals surface area contributed by atoms with E-state index >= 15 is 0 Å². The Morgan fingerprint density at radius 2 is 2.38 bits per heavy atom. The highest BCUT2D eigenvalue weighted by atomic mass is 32.1. The molecule has 0 fully saturated rings. The van der Waals surface area contributed by atoms with Gasteiger partial charge in [0.1, 0.15) is 6.20 Å². The number of hydrogen-bond acceptors (Lipinski definition) is 6. The van der Waals surface area contributed by atoms with E-state index in [-0.39, 0.29) is 10.5 Å². The van der Waals surface area contributed by atoms with Crippen LogP contribution in [0.4, 0.5) is 10.1 Å².